The van der Waals surface area contributed by atoms with Crippen LogP contribution in [0.4, 0.5) is 17.1 Å². The standard InChI is InChI=1S/C42H25NOS/c44-41-30-14-3-5-17-32(30)42(33-18-6-4-15-31(33)41)34-24-23-27(29-16-9-12-26-11-1-2-13-28(26)29)25-37(34)43-36-20-7-8-21-38(36)45-39-22-10-19-35(42)40(39)43/h1-25H. The average Bonchev–Trinajstić information content (AvgIpc) is 3.11. The van der Waals surface area contributed by atoms with Crippen molar-refractivity contribution in [2.45, 2.75) is 15.2 Å². The number of anilines is 3. The first-order chi connectivity index (χ1) is 22.2. The van der Waals surface area contributed by atoms with E-state index in [1.165, 1.54) is 54.2 Å². The molecular weight excluding hydrogens is 567 g/mol. The second-order valence-electron chi connectivity index (χ2n) is 12.0. The predicted molar refractivity (Wildman–Crippen MR) is 183 cm³/mol. The Labute approximate surface area is 265 Å². The zero-order valence-electron chi connectivity index (χ0n) is 24.2. The molecule has 3 aliphatic rings. The molecule has 1 spiro atoms. The Balaban J connectivity index is 1.38. The van der Waals surface area contributed by atoms with Gasteiger partial charge in [-0.05, 0) is 68.4 Å². The van der Waals surface area contributed by atoms with Crippen LogP contribution < -0.4 is 4.90 Å². The van der Waals surface area contributed by atoms with Crippen LogP contribution in [0.5, 0.6) is 0 Å². The lowest BCUT2D eigenvalue weighted by atomic mass is 9.57. The summed E-state index contributed by atoms with van der Waals surface area (Å²) in [7, 11) is 0. The summed E-state index contributed by atoms with van der Waals surface area (Å²) in [5, 5.41) is 2.46. The molecule has 0 saturated carbocycles. The van der Waals surface area contributed by atoms with Crippen LogP contribution in [-0.2, 0) is 5.41 Å². The highest BCUT2D eigenvalue weighted by Gasteiger charge is 2.53. The molecule has 0 radical (unpaired) electrons. The van der Waals surface area contributed by atoms with Crippen molar-refractivity contribution in [3.05, 3.63) is 185 Å². The van der Waals surface area contributed by atoms with Crippen molar-refractivity contribution in [1.82, 2.24) is 0 Å². The fraction of sp³-hybridized carbons (Fsp3) is 0.0238. The molecule has 0 saturated heterocycles. The molecule has 0 unspecified atom stereocenters. The lowest BCUT2D eigenvalue weighted by Gasteiger charge is -2.50. The number of para-hydroxylation sites is 2. The molecule has 2 nitrogen and oxygen atoms in total. The highest BCUT2D eigenvalue weighted by molar-refractivity contribution is 7.99. The number of benzene rings is 7. The van der Waals surface area contributed by atoms with Gasteiger partial charge in [0.05, 0.1) is 22.5 Å². The second-order valence-corrected chi connectivity index (χ2v) is 13.1. The maximum atomic E-state index is 14.1. The first-order valence-electron chi connectivity index (χ1n) is 15.3. The fourth-order valence-electron chi connectivity index (χ4n) is 8.07. The van der Waals surface area contributed by atoms with E-state index in [-0.39, 0.29) is 5.78 Å². The Morgan fingerprint density at radius 1 is 0.489 bits per heavy atom. The molecule has 0 amide bonds. The Bertz CT molecular complexity index is 2350. The molecule has 3 heteroatoms. The van der Waals surface area contributed by atoms with Gasteiger partial charge in [-0.2, -0.15) is 0 Å². The Hall–Kier alpha value is -5.38. The van der Waals surface area contributed by atoms with Crippen LogP contribution in [0.15, 0.2) is 161 Å². The Morgan fingerprint density at radius 3 is 1.96 bits per heavy atom. The summed E-state index contributed by atoms with van der Waals surface area (Å²) in [6, 6.07) is 54.1. The largest absolute Gasteiger partial charge is 0.308 e. The van der Waals surface area contributed by atoms with Gasteiger partial charge in [-0.25, -0.2) is 0 Å². The van der Waals surface area contributed by atoms with Crippen molar-refractivity contribution in [3.8, 4) is 11.1 Å². The topological polar surface area (TPSA) is 20.3 Å². The summed E-state index contributed by atoms with van der Waals surface area (Å²) in [4.78, 5) is 19.0. The number of carbonyl (C=O) groups is 1. The monoisotopic (exact) mass is 591 g/mol. The third-order valence-electron chi connectivity index (χ3n) is 9.85. The van der Waals surface area contributed by atoms with Crippen LogP contribution >= 0.6 is 11.8 Å². The Kier molecular flexibility index (Phi) is 5.04. The molecule has 7 aromatic carbocycles. The first kappa shape index (κ1) is 25.0. The Morgan fingerprint density at radius 2 is 1.11 bits per heavy atom. The lowest BCUT2D eigenvalue weighted by molar-refractivity contribution is 0.103. The molecule has 0 fully saturated rings. The van der Waals surface area contributed by atoms with E-state index in [2.05, 4.69) is 132 Å². The predicted octanol–water partition coefficient (Wildman–Crippen LogP) is 10.7. The summed E-state index contributed by atoms with van der Waals surface area (Å²) in [5.41, 5.74) is 11.3. The van der Waals surface area contributed by atoms with Crippen molar-refractivity contribution in [1.29, 1.82) is 0 Å². The minimum atomic E-state index is -0.664. The van der Waals surface area contributed by atoms with Crippen LogP contribution in [0.25, 0.3) is 21.9 Å². The van der Waals surface area contributed by atoms with E-state index in [1.807, 2.05) is 36.0 Å². The minimum absolute atomic E-state index is 0.0905. The third kappa shape index (κ3) is 3.18. The van der Waals surface area contributed by atoms with Gasteiger partial charge in [-0.15, -0.1) is 0 Å². The van der Waals surface area contributed by atoms with Gasteiger partial charge in [0.2, 0.25) is 0 Å². The molecule has 2 aliphatic heterocycles. The maximum absolute atomic E-state index is 14.1. The lowest BCUT2D eigenvalue weighted by Crippen LogP contribution is -2.42. The summed E-state index contributed by atoms with van der Waals surface area (Å²) < 4.78 is 0. The molecule has 0 N–H and O–H groups in total. The van der Waals surface area contributed by atoms with Crippen LogP contribution in [0.2, 0.25) is 0 Å². The maximum Gasteiger partial charge on any atom is 0.193 e. The van der Waals surface area contributed by atoms with Crippen LogP contribution in [0, 0.1) is 0 Å². The molecule has 210 valence electrons. The van der Waals surface area contributed by atoms with Gasteiger partial charge in [0.1, 0.15) is 0 Å². The fourth-order valence-corrected chi connectivity index (χ4v) is 9.16. The van der Waals surface area contributed by atoms with Crippen LogP contribution in [0.3, 0.4) is 0 Å². The van der Waals surface area contributed by atoms with E-state index in [0.717, 1.165) is 27.9 Å². The molecule has 0 atom stereocenters. The average molecular weight is 592 g/mol. The molecule has 0 aromatic heterocycles. The zero-order chi connectivity index (χ0) is 29.7. The van der Waals surface area contributed by atoms with Gasteiger partial charge >= 0.3 is 0 Å². The van der Waals surface area contributed by atoms with Crippen molar-refractivity contribution in [3.63, 3.8) is 0 Å². The van der Waals surface area contributed by atoms with Gasteiger partial charge in [0.25, 0.3) is 0 Å². The van der Waals surface area contributed by atoms with Crippen molar-refractivity contribution < 1.29 is 4.79 Å². The van der Waals surface area contributed by atoms with Crippen LogP contribution in [0.1, 0.15) is 38.2 Å². The normalized spacial score (nSPS) is 14.8. The number of hydrogen-bond acceptors (Lipinski definition) is 3. The van der Waals surface area contributed by atoms with Gasteiger partial charge in [-0.1, -0.05) is 139 Å². The summed E-state index contributed by atoms with van der Waals surface area (Å²) in [6.07, 6.45) is 0. The van der Waals surface area contributed by atoms with E-state index in [0.29, 0.717) is 0 Å². The highest BCUT2D eigenvalue weighted by Crippen LogP contribution is 2.65. The van der Waals surface area contributed by atoms with E-state index < -0.39 is 5.41 Å². The van der Waals surface area contributed by atoms with E-state index in [9.17, 15) is 4.79 Å². The van der Waals surface area contributed by atoms with Crippen molar-refractivity contribution in [2.75, 3.05) is 4.90 Å². The number of ketones is 1. The molecule has 10 rings (SSSR count). The number of rotatable bonds is 1. The summed E-state index contributed by atoms with van der Waals surface area (Å²) >= 11 is 1.83. The molecule has 1 aliphatic carbocycles. The first-order valence-corrected chi connectivity index (χ1v) is 16.1. The smallest absolute Gasteiger partial charge is 0.193 e. The number of carbonyl (C=O) groups excluding carboxylic acids is 1. The van der Waals surface area contributed by atoms with E-state index in [4.69, 9.17) is 0 Å². The zero-order valence-corrected chi connectivity index (χ0v) is 25.0. The van der Waals surface area contributed by atoms with Gasteiger partial charge in [0.15, 0.2) is 5.78 Å². The quantitative estimate of drug-likeness (QED) is 0.189. The number of hydrogen-bond donors (Lipinski definition) is 0. The van der Waals surface area contributed by atoms with Gasteiger partial charge in [0, 0.05) is 20.9 Å². The van der Waals surface area contributed by atoms with Gasteiger partial charge < -0.3 is 4.90 Å². The minimum Gasteiger partial charge on any atom is -0.308 e. The van der Waals surface area contributed by atoms with E-state index in [1.54, 1.807) is 0 Å². The summed E-state index contributed by atoms with van der Waals surface area (Å²) in [6.45, 7) is 0. The molecule has 45 heavy (non-hydrogen) atoms. The molecule has 2 heterocycles. The second kappa shape index (κ2) is 9.07. The third-order valence-corrected chi connectivity index (χ3v) is 11.0. The molecular formula is C42H25NOS. The molecule has 0 bridgehead atoms. The van der Waals surface area contributed by atoms with Gasteiger partial charge in [-0.3, -0.25) is 4.79 Å². The number of fused-ring (bicyclic) bond motifs is 11. The van der Waals surface area contributed by atoms with E-state index >= 15 is 0 Å². The number of nitrogens with zero attached hydrogens (tertiary/aromatic N) is 1. The highest BCUT2D eigenvalue weighted by atomic mass is 32.2. The SMILES string of the molecule is O=C1c2ccccc2C2(c3ccccc31)c1ccc(-c3cccc4ccccc34)cc1N1c3ccccc3Sc3cccc2c31. The van der Waals surface area contributed by atoms with Crippen molar-refractivity contribution in [2.24, 2.45) is 0 Å². The summed E-state index contributed by atoms with van der Waals surface area (Å²) in [5.74, 6) is 0.0905. The van der Waals surface area contributed by atoms with Crippen LogP contribution in [-0.4, -0.2) is 5.78 Å². The van der Waals surface area contributed by atoms with Crippen molar-refractivity contribution >= 4 is 45.4 Å². The molecule has 7 aromatic rings.